The Hall–Kier alpha value is -2.70. The van der Waals surface area contributed by atoms with Crippen LogP contribution in [0.5, 0.6) is 0 Å². The first-order chi connectivity index (χ1) is 11.7. The monoisotopic (exact) mass is 323 g/mol. The molecule has 4 rings (SSSR count). The highest BCUT2D eigenvalue weighted by Crippen LogP contribution is 2.23. The Balaban J connectivity index is 1.44. The Morgan fingerprint density at radius 2 is 1.96 bits per heavy atom. The molecule has 7 nitrogen and oxygen atoms in total. The maximum Gasteiger partial charge on any atom is 0.153 e. The lowest BCUT2D eigenvalue weighted by atomic mass is 10.0. The molecule has 0 unspecified atom stereocenters. The van der Waals surface area contributed by atoms with Crippen molar-refractivity contribution in [2.75, 3.05) is 29.9 Å². The maximum absolute atomic E-state index is 4.64. The largest absolute Gasteiger partial charge is 0.356 e. The molecule has 3 aromatic heterocycles. The minimum Gasteiger partial charge on any atom is -0.356 e. The Morgan fingerprint density at radius 1 is 1.12 bits per heavy atom. The molecule has 0 spiro atoms. The van der Waals surface area contributed by atoms with Crippen LogP contribution in [-0.4, -0.2) is 50.7 Å². The molecule has 1 aliphatic heterocycles. The lowest BCUT2D eigenvalue weighted by molar-refractivity contribution is 0.476. The first-order valence-corrected chi connectivity index (χ1v) is 8.27. The van der Waals surface area contributed by atoms with Crippen LogP contribution < -0.4 is 9.80 Å². The zero-order valence-electron chi connectivity index (χ0n) is 14.0. The highest BCUT2D eigenvalue weighted by Gasteiger charge is 2.24. The molecule has 1 aliphatic rings. The van der Waals surface area contributed by atoms with Crippen molar-refractivity contribution < 1.29 is 0 Å². The molecule has 7 heteroatoms. The third-order valence-corrected chi connectivity index (χ3v) is 4.73. The quantitative estimate of drug-likeness (QED) is 0.734. The molecular formula is C17H21N7. The summed E-state index contributed by atoms with van der Waals surface area (Å²) in [4.78, 5) is 17.4. The van der Waals surface area contributed by atoms with Crippen LogP contribution in [0.2, 0.25) is 0 Å². The molecule has 0 amide bonds. The lowest BCUT2D eigenvalue weighted by Gasteiger charge is -2.37. The third kappa shape index (κ3) is 2.77. The van der Waals surface area contributed by atoms with E-state index in [0.717, 1.165) is 48.9 Å². The van der Waals surface area contributed by atoms with Gasteiger partial charge < -0.3 is 9.80 Å². The smallest absolute Gasteiger partial charge is 0.153 e. The van der Waals surface area contributed by atoms with Crippen molar-refractivity contribution in [3.8, 4) is 0 Å². The zero-order valence-corrected chi connectivity index (χ0v) is 14.0. The van der Waals surface area contributed by atoms with Gasteiger partial charge in [-0.2, -0.15) is 0 Å². The highest BCUT2D eigenvalue weighted by molar-refractivity contribution is 5.46. The van der Waals surface area contributed by atoms with Crippen molar-refractivity contribution in [2.45, 2.75) is 25.8 Å². The number of aryl methyl sites for hydroxylation is 1. The number of nitrogens with zero attached hydrogens (tertiary/aromatic N) is 7. The molecular weight excluding hydrogens is 302 g/mol. The van der Waals surface area contributed by atoms with Gasteiger partial charge in [0, 0.05) is 50.3 Å². The molecule has 0 aliphatic carbocycles. The van der Waals surface area contributed by atoms with Crippen LogP contribution in [0.25, 0.3) is 5.65 Å². The van der Waals surface area contributed by atoms with E-state index < -0.39 is 0 Å². The Bertz CT molecular complexity index is 836. The van der Waals surface area contributed by atoms with Crippen LogP contribution in [0.3, 0.4) is 0 Å². The summed E-state index contributed by atoms with van der Waals surface area (Å²) in [5.74, 6) is 2.01. The van der Waals surface area contributed by atoms with Gasteiger partial charge in [0.15, 0.2) is 5.65 Å². The molecule has 4 heterocycles. The number of hydrogen-bond acceptors (Lipinski definition) is 6. The van der Waals surface area contributed by atoms with Crippen LogP contribution in [0.4, 0.5) is 11.6 Å². The summed E-state index contributed by atoms with van der Waals surface area (Å²) in [6.45, 7) is 3.98. The van der Waals surface area contributed by atoms with Gasteiger partial charge in [0.05, 0.1) is 0 Å². The van der Waals surface area contributed by atoms with Crippen molar-refractivity contribution >= 4 is 17.3 Å². The molecule has 24 heavy (non-hydrogen) atoms. The number of aromatic nitrogens is 5. The fraction of sp³-hybridized carbons (Fsp3) is 0.412. The van der Waals surface area contributed by atoms with Crippen molar-refractivity contribution in [3.05, 3.63) is 42.6 Å². The Kier molecular flexibility index (Phi) is 3.76. The predicted molar refractivity (Wildman–Crippen MR) is 93.4 cm³/mol. The number of piperidine rings is 1. The molecule has 1 fully saturated rings. The molecule has 124 valence electrons. The SMILES string of the molecule is Cc1cc(N(C)C2CCN(c3ccc4nccn4n3)CC2)ncn1. The minimum atomic E-state index is 0.493. The third-order valence-electron chi connectivity index (χ3n) is 4.73. The second-order valence-corrected chi connectivity index (χ2v) is 6.27. The average molecular weight is 323 g/mol. The molecule has 0 atom stereocenters. The van der Waals surface area contributed by atoms with Gasteiger partial charge in [0.1, 0.15) is 18.0 Å². The Labute approximate surface area is 141 Å². The number of hydrogen-bond donors (Lipinski definition) is 0. The van der Waals surface area contributed by atoms with Gasteiger partial charge in [0.2, 0.25) is 0 Å². The molecule has 0 saturated carbocycles. The summed E-state index contributed by atoms with van der Waals surface area (Å²) in [5.41, 5.74) is 1.88. The average Bonchev–Trinajstić information content (AvgIpc) is 3.09. The van der Waals surface area contributed by atoms with Gasteiger partial charge in [-0.25, -0.2) is 19.5 Å². The predicted octanol–water partition coefficient (Wildman–Crippen LogP) is 1.93. The van der Waals surface area contributed by atoms with Gasteiger partial charge in [-0.05, 0) is 31.9 Å². The normalized spacial score (nSPS) is 15.8. The summed E-state index contributed by atoms with van der Waals surface area (Å²) < 4.78 is 1.83. The van der Waals surface area contributed by atoms with Crippen LogP contribution >= 0.6 is 0 Å². The first kappa shape index (κ1) is 14.9. The molecule has 1 saturated heterocycles. The van der Waals surface area contributed by atoms with E-state index >= 15 is 0 Å². The van der Waals surface area contributed by atoms with E-state index in [1.807, 2.05) is 29.8 Å². The zero-order chi connectivity index (χ0) is 16.5. The second kappa shape index (κ2) is 6.07. The van der Waals surface area contributed by atoms with Crippen LogP contribution in [-0.2, 0) is 0 Å². The molecule has 3 aromatic rings. The van der Waals surface area contributed by atoms with E-state index in [-0.39, 0.29) is 0 Å². The van der Waals surface area contributed by atoms with E-state index in [4.69, 9.17) is 0 Å². The summed E-state index contributed by atoms with van der Waals surface area (Å²) in [5, 5.41) is 4.64. The summed E-state index contributed by atoms with van der Waals surface area (Å²) in [6.07, 6.45) is 7.47. The van der Waals surface area contributed by atoms with Crippen LogP contribution in [0, 0.1) is 6.92 Å². The van der Waals surface area contributed by atoms with E-state index in [1.165, 1.54) is 0 Å². The van der Waals surface area contributed by atoms with Gasteiger partial charge in [0.25, 0.3) is 0 Å². The Morgan fingerprint density at radius 3 is 2.75 bits per heavy atom. The van der Waals surface area contributed by atoms with E-state index in [0.29, 0.717) is 6.04 Å². The van der Waals surface area contributed by atoms with Gasteiger partial charge >= 0.3 is 0 Å². The van der Waals surface area contributed by atoms with Gasteiger partial charge in [-0.1, -0.05) is 0 Å². The fourth-order valence-electron chi connectivity index (χ4n) is 3.28. The first-order valence-electron chi connectivity index (χ1n) is 8.27. The number of fused-ring (bicyclic) bond motifs is 1. The minimum absolute atomic E-state index is 0.493. The molecule has 0 aromatic carbocycles. The van der Waals surface area contributed by atoms with Gasteiger partial charge in [-0.15, -0.1) is 5.10 Å². The fourth-order valence-corrected chi connectivity index (χ4v) is 3.28. The lowest BCUT2D eigenvalue weighted by Crippen LogP contribution is -2.44. The van der Waals surface area contributed by atoms with Crippen molar-refractivity contribution in [1.82, 2.24) is 24.6 Å². The van der Waals surface area contributed by atoms with E-state index in [9.17, 15) is 0 Å². The van der Waals surface area contributed by atoms with E-state index in [1.54, 1.807) is 12.5 Å². The molecule has 0 N–H and O–H groups in total. The van der Waals surface area contributed by atoms with Crippen LogP contribution in [0.1, 0.15) is 18.5 Å². The number of rotatable bonds is 3. The summed E-state index contributed by atoms with van der Waals surface area (Å²) in [6, 6.07) is 6.61. The highest BCUT2D eigenvalue weighted by atomic mass is 15.3. The maximum atomic E-state index is 4.64. The van der Waals surface area contributed by atoms with Crippen LogP contribution in [0.15, 0.2) is 36.9 Å². The summed E-state index contributed by atoms with van der Waals surface area (Å²) in [7, 11) is 2.12. The standard InChI is InChI=1S/C17H21N7/c1-13-11-17(20-12-19-13)22(2)14-5-8-23(9-6-14)16-4-3-15-18-7-10-24(15)21-16/h3-4,7,10-12,14H,5-6,8-9H2,1-2H3. The molecule has 0 bridgehead atoms. The number of anilines is 2. The topological polar surface area (TPSA) is 62.5 Å². The molecule has 0 radical (unpaired) electrons. The van der Waals surface area contributed by atoms with Crippen molar-refractivity contribution in [2.24, 2.45) is 0 Å². The van der Waals surface area contributed by atoms with E-state index in [2.05, 4.69) is 43.0 Å². The van der Waals surface area contributed by atoms with Crippen molar-refractivity contribution in [3.63, 3.8) is 0 Å². The second-order valence-electron chi connectivity index (χ2n) is 6.27. The van der Waals surface area contributed by atoms with Gasteiger partial charge in [-0.3, -0.25) is 0 Å². The summed E-state index contributed by atoms with van der Waals surface area (Å²) >= 11 is 0. The number of imidazole rings is 1. The van der Waals surface area contributed by atoms with Crippen molar-refractivity contribution in [1.29, 1.82) is 0 Å².